The maximum absolute atomic E-state index is 13.6. The van der Waals surface area contributed by atoms with Crippen molar-refractivity contribution in [2.75, 3.05) is 19.5 Å². The van der Waals surface area contributed by atoms with E-state index in [0.29, 0.717) is 16.5 Å². The number of halogens is 3. The third kappa shape index (κ3) is 6.71. The van der Waals surface area contributed by atoms with E-state index in [0.717, 1.165) is 48.4 Å². The number of methoxy groups -OCH3 is 1. The van der Waals surface area contributed by atoms with E-state index in [1.807, 2.05) is 0 Å². The van der Waals surface area contributed by atoms with Gasteiger partial charge in [0.2, 0.25) is 5.13 Å². The standard InChI is InChI=1S/C26H23F3N6O3S/c1-31-12-16(11-30)13-35-14-20(18-9-17(26(27,28)29)6-7-21(18)38-2)19(10-23(35)36)24(37)32-25-34-33-22(39-25)8-5-15-3-4-15/h6-7,9-12,14-15H,3-4,13,30H2,1-2H3,(H,32,34,37)/b16-11+,31-12?. The van der Waals surface area contributed by atoms with Gasteiger partial charge in [0.15, 0.2) is 5.01 Å². The summed E-state index contributed by atoms with van der Waals surface area (Å²) in [6, 6.07) is 3.93. The third-order valence-corrected chi connectivity index (χ3v) is 6.41. The van der Waals surface area contributed by atoms with Crippen molar-refractivity contribution in [3.05, 3.63) is 68.7 Å². The number of carbonyl (C=O) groups is 1. The largest absolute Gasteiger partial charge is 0.496 e. The number of nitrogens with zero attached hydrogens (tertiary/aromatic N) is 4. The molecule has 1 aliphatic rings. The molecule has 0 saturated heterocycles. The zero-order valence-electron chi connectivity index (χ0n) is 20.9. The fraction of sp³-hybridized carbons (Fsp3) is 0.269. The molecule has 4 rings (SSSR count). The van der Waals surface area contributed by atoms with Crippen molar-refractivity contribution in [1.82, 2.24) is 14.8 Å². The normalized spacial score (nSPS) is 13.7. The van der Waals surface area contributed by atoms with Crippen molar-refractivity contribution < 1.29 is 22.7 Å². The van der Waals surface area contributed by atoms with Crippen LogP contribution in [-0.2, 0) is 12.7 Å². The van der Waals surface area contributed by atoms with Gasteiger partial charge in [-0.3, -0.25) is 19.9 Å². The van der Waals surface area contributed by atoms with Crippen molar-refractivity contribution in [2.45, 2.75) is 25.6 Å². The Kier molecular flexibility index (Phi) is 8.15. The van der Waals surface area contributed by atoms with E-state index in [2.05, 4.69) is 32.3 Å². The molecule has 13 heteroatoms. The minimum absolute atomic E-state index is 0.0260. The van der Waals surface area contributed by atoms with E-state index >= 15 is 0 Å². The Morgan fingerprint density at radius 3 is 2.72 bits per heavy atom. The van der Waals surface area contributed by atoms with E-state index in [1.165, 1.54) is 37.3 Å². The van der Waals surface area contributed by atoms with Gasteiger partial charge in [-0.1, -0.05) is 17.3 Å². The van der Waals surface area contributed by atoms with Gasteiger partial charge in [0.1, 0.15) is 5.75 Å². The lowest BCUT2D eigenvalue weighted by Crippen LogP contribution is -2.25. The molecule has 1 saturated carbocycles. The molecule has 1 aliphatic carbocycles. The lowest BCUT2D eigenvalue weighted by atomic mass is 9.98. The van der Waals surface area contributed by atoms with Crippen molar-refractivity contribution >= 4 is 28.6 Å². The van der Waals surface area contributed by atoms with Crippen LogP contribution in [0.4, 0.5) is 18.3 Å². The van der Waals surface area contributed by atoms with E-state index in [4.69, 9.17) is 10.5 Å². The number of aliphatic imine (C=N–C) groups is 1. The molecule has 2 aromatic heterocycles. The van der Waals surface area contributed by atoms with Crippen LogP contribution in [0.25, 0.3) is 11.1 Å². The van der Waals surface area contributed by atoms with E-state index in [1.54, 1.807) is 0 Å². The van der Waals surface area contributed by atoms with E-state index < -0.39 is 23.2 Å². The SMILES string of the molecule is CN=C/C(=C\N)Cn1cc(-c2cc(C(F)(F)F)ccc2OC)c(C(=O)Nc2nnc(C#CC3CC3)s2)cc1=O. The molecule has 39 heavy (non-hydrogen) atoms. The minimum atomic E-state index is -4.66. The molecule has 1 fully saturated rings. The zero-order valence-corrected chi connectivity index (χ0v) is 21.7. The summed E-state index contributed by atoms with van der Waals surface area (Å²) in [5.41, 5.74) is 4.35. The summed E-state index contributed by atoms with van der Waals surface area (Å²) < 4.78 is 47.3. The Balaban J connectivity index is 1.80. The second-order valence-electron chi connectivity index (χ2n) is 8.52. The molecule has 0 unspecified atom stereocenters. The second kappa shape index (κ2) is 11.5. The fourth-order valence-corrected chi connectivity index (χ4v) is 4.17. The number of hydrogen-bond donors (Lipinski definition) is 2. The Morgan fingerprint density at radius 1 is 1.31 bits per heavy atom. The molecule has 3 N–H and O–H groups in total. The summed E-state index contributed by atoms with van der Waals surface area (Å²) in [6.07, 6.45) is 1.40. The third-order valence-electron chi connectivity index (χ3n) is 5.66. The van der Waals surface area contributed by atoms with Crippen LogP contribution in [0, 0.1) is 17.8 Å². The van der Waals surface area contributed by atoms with Gasteiger partial charge in [0, 0.05) is 54.3 Å². The fourth-order valence-electron chi connectivity index (χ4n) is 3.57. The average Bonchev–Trinajstić information content (AvgIpc) is 3.64. The van der Waals surface area contributed by atoms with Crippen LogP contribution in [-0.4, -0.2) is 41.0 Å². The molecule has 9 nitrogen and oxygen atoms in total. The summed E-state index contributed by atoms with van der Waals surface area (Å²) >= 11 is 1.04. The van der Waals surface area contributed by atoms with Gasteiger partial charge in [0.05, 0.1) is 24.8 Å². The number of alkyl halides is 3. The van der Waals surface area contributed by atoms with Crippen LogP contribution >= 0.6 is 11.3 Å². The highest BCUT2D eigenvalue weighted by Gasteiger charge is 2.32. The number of rotatable bonds is 7. The summed E-state index contributed by atoms with van der Waals surface area (Å²) in [5.74, 6) is 5.60. The number of carbonyl (C=O) groups excluding carboxylic acids is 1. The number of allylic oxidation sites excluding steroid dienone is 1. The first-order valence-corrected chi connectivity index (χ1v) is 12.4. The molecular weight excluding hydrogens is 533 g/mol. The van der Waals surface area contributed by atoms with Crippen LogP contribution in [0.3, 0.4) is 0 Å². The van der Waals surface area contributed by atoms with Crippen molar-refractivity contribution in [3.63, 3.8) is 0 Å². The van der Waals surface area contributed by atoms with Crippen LogP contribution < -0.4 is 21.3 Å². The number of benzene rings is 1. The van der Waals surface area contributed by atoms with Crippen molar-refractivity contribution in [3.8, 4) is 28.7 Å². The first-order chi connectivity index (χ1) is 18.6. The molecule has 1 amide bonds. The first-order valence-electron chi connectivity index (χ1n) is 11.6. The number of anilines is 1. The number of pyridine rings is 1. The van der Waals surface area contributed by atoms with Gasteiger partial charge in [-0.25, -0.2) is 0 Å². The lowest BCUT2D eigenvalue weighted by molar-refractivity contribution is -0.137. The van der Waals surface area contributed by atoms with Crippen molar-refractivity contribution in [1.29, 1.82) is 0 Å². The van der Waals surface area contributed by atoms with Gasteiger partial charge in [-0.2, -0.15) is 13.2 Å². The monoisotopic (exact) mass is 556 g/mol. The highest BCUT2D eigenvalue weighted by Crippen LogP contribution is 2.38. The molecule has 0 aliphatic heterocycles. The van der Waals surface area contributed by atoms with Crippen LogP contribution in [0.1, 0.15) is 33.8 Å². The average molecular weight is 557 g/mol. The molecule has 3 aromatic rings. The molecular formula is C26H23F3N6O3S. The maximum atomic E-state index is 13.6. The number of ether oxygens (including phenoxy) is 1. The lowest BCUT2D eigenvalue weighted by Gasteiger charge is -2.17. The van der Waals surface area contributed by atoms with Crippen molar-refractivity contribution in [2.24, 2.45) is 16.6 Å². The summed E-state index contributed by atoms with van der Waals surface area (Å²) in [4.78, 5) is 30.2. The van der Waals surface area contributed by atoms with Gasteiger partial charge >= 0.3 is 6.18 Å². The summed E-state index contributed by atoms with van der Waals surface area (Å²) in [7, 11) is 2.81. The predicted molar refractivity (Wildman–Crippen MR) is 142 cm³/mol. The number of hydrogen-bond acceptors (Lipinski definition) is 8. The summed E-state index contributed by atoms with van der Waals surface area (Å²) in [6.45, 7) is -0.0394. The molecule has 0 radical (unpaired) electrons. The molecule has 2 heterocycles. The Hall–Kier alpha value is -4.44. The number of aromatic nitrogens is 3. The number of amides is 1. The maximum Gasteiger partial charge on any atom is 0.416 e. The number of nitrogens with one attached hydrogen (secondary N) is 1. The predicted octanol–water partition coefficient (Wildman–Crippen LogP) is 3.95. The van der Waals surface area contributed by atoms with Gasteiger partial charge in [-0.05, 0) is 37.0 Å². The summed E-state index contributed by atoms with van der Waals surface area (Å²) in [5, 5.41) is 11.0. The highest BCUT2D eigenvalue weighted by atomic mass is 32.1. The smallest absolute Gasteiger partial charge is 0.416 e. The molecule has 0 bridgehead atoms. The quantitative estimate of drug-likeness (QED) is 0.336. The zero-order chi connectivity index (χ0) is 28.2. The van der Waals surface area contributed by atoms with Crippen LogP contribution in [0.5, 0.6) is 5.75 Å². The van der Waals surface area contributed by atoms with Gasteiger partial charge in [-0.15, -0.1) is 10.2 Å². The molecule has 1 aromatic carbocycles. The van der Waals surface area contributed by atoms with E-state index in [9.17, 15) is 22.8 Å². The van der Waals surface area contributed by atoms with Crippen LogP contribution in [0.15, 0.2) is 52.0 Å². The molecule has 0 spiro atoms. The molecule has 0 atom stereocenters. The first kappa shape index (κ1) is 27.6. The number of nitrogens with two attached hydrogens (primary N) is 1. The van der Waals surface area contributed by atoms with Gasteiger partial charge < -0.3 is 15.0 Å². The minimum Gasteiger partial charge on any atom is -0.496 e. The molecule has 202 valence electrons. The Labute approximate surface area is 225 Å². The Bertz CT molecular complexity index is 1580. The Morgan fingerprint density at radius 2 is 2.08 bits per heavy atom. The topological polar surface area (TPSA) is 124 Å². The van der Waals surface area contributed by atoms with Gasteiger partial charge in [0.25, 0.3) is 11.5 Å². The van der Waals surface area contributed by atoms with E-state index in [-0.39, 0.29) is 34.1 Å². The highest BCUT2D eigenvalue weighted by molar-refractivity contribution is 7.15. The van der Waals surface area contributed by atoms with Crippen LogP contribution in [0.2, 0.25) is 0 Å². The second-order valence-corrected chi connectivity index (χ2v) is 9.50.